The van der Waals surface area contributed by atoms with Crippen LogP contribution in [0.1, 0.15) is 42.5 Å². The van der Waals surface area contributed by atoms with E-state index in [0.717, 1.165) is 17.7 Å². The zero-order valence-corrected chi connectivity index (χ0v) is 13.2. The molecule has 3 nitrogen and oxygen atoms in total. The Morgan fingerprint density at radius 2 is 1.88 bits per heavy atom. The summed E-state index contributed by atoms with van der Waals surface area (Å²) < 4.78 is 38.2. The molecule has 1 fully saturated rings. The van der Waals surface area contributed by atoms with Gasteiger partial charge in [-0.15, -0.1) is 0 Å². The monoisotopic (exact) mass is 336 g/mol. The molecule has 0 aliphatic carbocycles. The molecule has 0 saturated carbocycles. The van der Waals surface area contributed by atoms with E-state index in [2.05, 4.69) is 10.3 Å². The molecule has 1 aliphatic rings. The van der Waals surface area contributed by atoms with E-state index in [1.807, 2.05) is 19.1 Å². The van der Waals surface area contributed by atoms with Crippen LogP contribution >= 0.6 is 0 Å². The summed E-state index contributed by atoms with van der Waals surface area (Å²) in [5.41, 5.74) is -0.414. The maximum atomic E-state index is 12.7. The van der Waals surface area contributed by atoms with E-state index >= 15 is 0 Å². The number of hydrogen-bond donors (Lipinski definition) is 2. The quantitative estimate of drug-likeness (QED) is 0.877. The summed E-state index contributed by atoms with van der Waals surface area (Å²) >= 11 is 0. The molecule has 24 heavy (non-hydrogen) atoms. The van der Waals surface area contributed by atoms with E-state index < -0.39 is 17.3 Å². The summed E-state index contributed by atoms with van der Waals surface area (Å²) in [7, 11) is 0. The van der Waals surface area contributed by atoms with Crippen LogP contribution in [0, 0.1) is 0 Å². The highest BCUT2D eigenvalue weighted by molar-refractivity contribution is 5.30. The van der Waals surface area contributed by atoms with E-state index in [-0.39, 0.29) is 12.1 Å². The number of pyridine rings is 1. The molecule has 0 spiro atoms. The molecule has 3 unspecified atom stereocenters. The van der Waals surface area contributed by atoms with Gasteiger partial charge in [0.2, 0.25) is 0 Å². The van der Waals surface area contributed by atoms with Crippen LogP contribution in [0.15, 0.2) is 48.8 Å². The van der Waals surface area contributed by atoms with Gasteiger partial charge in [0.25, 0.3) is 0 Å². The van der Waals surface area contributed by atoms with Crippen LogP contribution in [-0.2, 0) is 11.8 Å². The third-order valence-electron chi connectivity index (χ3n) is 4.51. The summed E-state index contributed by atoms with van der Waals surface area (Å²) in [6, 6.07) is 8.48. The fraction of sp³-hybridized carbons (Fsp3) is 0.389. The van der Waals surface area contributed by atoms with Crippen molar-refractivity contribution < 1.29 is 18.3 Å². The van der Waals surface area contributed by atoms with Gasteiger partial charge in [-0.25, -0.2) is 0 Å². The molecule has 1 aromatic carbocycles. The molecule has 2 N–H and O–H groups in total. The fourth-order valence-corrected chi connectivity index (χ4v) is 3.39. The van der Waals surface area contributed by atoms with Gasteiger partial charge in [-0.2, -0.15) is 13.2 Å². The van der Waals surface area contributed by atoms with Crippen LogP contribution in [0.2, 0.25) is 0 Å². The Kier molecular flexibility index (Phi) is 4.36. The molecule has 1 aliphatic heterocycles. The first kappa shape index (κ1) is 16.9. The average Bonchev–Trinajstić information content (AvgIpc) is 2.54. The van der Waals surface area contributed by atoms with Gasteiger partial charge in [0.15, 0.2) is 0 Å². The average molecular weight is 336 g/mol. The number of rotatable bonds is 2. The van der Waals surface area contributed by atoms with Gasteiger partial charge in [0, 0.05) is 24.5 Å². The topological polar surface area (TPSA) is 45.2 Å². The van der Waals surface area contributed by atoms with Crippen LogP contribution in [0.3, 0.4) is 0 Å². The van der Waals surface area contributed by atoms with E-state index in [9.17, 15) is 18.3 Å². The lowest BCUT2D eigenvalue weighted by Gasteiger charge is -2.41. The first-order valence-corrected chi connectivity index (χ1v) is 7.84. The maximum absolute atomic E-state index is 12.7. The van der Waals surface area contributed by atoms with E-state index in [1.54, 1.807) is 12.4 Å². The smallest absolute Gasteiger partial charge is 0.385 e. The molecule has 3 atom stereocenters. The van der Waals surface area contributed by atoms with Gasteiger partial charge in [0.1, 0.15) is 0 Å². The SMILES string of the molecule is CC1CC(O)(c2ccc(C(F)(F)F)cc2)CC(c2cccnc2)N1. The van der Waals surface area contributed by atoms with Gasteiger partial charge >= 0.3 is 6.18 Å². The summed E-state index contributed by atoms with van der Waals surface area (Å²) in [4.78, 5) is 4.10. The highest BCUT2D eigenvalue weighted by Crippen LogP contribution is 2.40. The zero-order chi connectivity index (χ0) is 17.4. The maximum Gasteiger partial charge on any atom is 0.416 e. The number of nitrogens with one attached hydrogen (secondary N) is 1. The number of hydrogen-bond acceptors (Lipinski definition) is 3. The molecule has 0 radical (unpaired) electrons. The molecular weight excluding hydrogens is 317 g/mol. The van der Waals surface area contributed by atoms with Crippen molar-refractivity contribution >= 4 is 0 Å². The van der Waals surface area contributed by atoms with Crippen molar-refractivity contribution in [2.75, 3.05) is 0 Å². The molecule has 2 aromatic rings. The summed E-state index contributed by atoms with van der Waals surface area (Å²) in [5.74, 6) is 0. The first-order chi connectivity index (χ1) is 11.3. The summed E-state index contributed by atoms with van der Waals surface area (Å²) in [5, 5.41) is 14.5. The highest BCUT2D eigenvalue weighted by Gasteiger charge is 2.40. The van der Waals surface area contributed by atoms with Crippen LogP contribution in [-0.4, -0.2) is 16.1 Å². The molecular formula is C18H19F3N2O. The lowest BCUT2D eigenvalue weighted by molar-refractivity contribution is -0.137. The Labute approximate surface area is 138 Å². The first-order valence-electron chi connectivity index (χ1n) is 7.84. The molecule has 0 amide bonds. The normalized spacial score (nSPS) is 27.9. The van der Waals surface area contributed by atoms with Crippen LogP contribution < -0.4 is 5.32 Å². The largest absolute Gasteiger partial charge is 0.416 e. The predicted octanol–water partition coefficient (Wildman–Crippen LogP) is 3.80. The van der Waals surface area contributed by atoms with Crippen LogP contribution in [0.25, 0.3) is 0 Å². The standard InChI is InChI=1S/C18H19F3N2O/c1-12-9-17(24,10-16(23-12)13-3-2-8-22-11-13)14-4-6-15(7-5-14)18(19,20)21/h2-8,11-12,16,23-24H,9-10H2,1H3. The number of aliphatic hydroxyl groups is 1. The minimum absolute atomic E-state index is 0.0243. The van der Waals surface area contributed by atoms with Gasteiger partial charge in [-0.05, 0) is 49.1 Å². The van der Waals surface area contributed by atoms with Gasteiger partial charge in [-0.1, -0.05) is 18.2 Å². The third-order valence-corrected chi connectivity index (χ3v) is 4.51. The van der Waals surface area contributed by atoms with Crippen molar-refractivity contribution in [2.24, 2.45) is 0 Å². The Morgan fingerprint density at radius 1 is 1.17 bits per heavy atom. The van der Waals surface area contributed by atoms with Crippen molar-refractivity contribution in [1.29, 1.82) is 0 Å². The molecule has 0 bridgehead atoms. The zero-order valence-electron chi connectivity index (χ0n) is 13.2. The van der Waals surface area contributed by atoms with Crippen molar-refractivity contribution in [3.63, 3.8) is 0 Å². The Hall–Kier alpha value is -1.92. The Balaban J connectivity index is 1.88. The number of halogens is 3. The predicted molar refractivity (Wildman–Crippen MR) is 84.2 cm³/mol. The number of aromatic nitrogens is 1. The summed E-state index contributed by atoms with van der Waals surface area (Å²) in [6.45, 7) is 1.96. The second-order valence-corrected chi connectivity index (χ2v) is 6.42. The minimum Gasteiger partial charge on any atom is -0.385 e. The number of alkyl halides is 3. The Morgan fingerprint density at radius 3 is 2.46 bits per heavy atom. The summed E-state index contributed by atoms with van der Waals surface area (Å²) in [6.07, 6.45) is -0.134. The van der Waals surface area contributed by atoms with Gasteiger partial charge in [-0.3, -0.25) is 4.98 Å². The molecule has 128 valence electrons. The number of benzene rings is 1. The Bertz CT molecular complexity index is 688. The van der Waals surface area contributed by atoms with E-state index in [0.29, 0.717) is 18.4 Å². The molecule has 6 heteroatoms. The van der Waals surface area contributed by atoms with Crippen molar-refractivity contribution in [3.8, 4) is 0 Å². The van der Waals surface area contributed by atoms with E-state index in [4.69, 9.17) is 0 Å². The molecule has 3 rings (SSSR count). The highest BCUT2D eigenvalue weighted by atomic mass is 19.4. The van der Waals surface area contributed by atoms with Crippen molar-refractivity contribution in [3.05, 3.63) is 65.5 Å². The van der Waals surface area contributed by atoms with E-state index in [1.165, 1.54) is 12.1 Å². The second kappa shape index (κ2) is 6.18. The van der Waals surface area contributed by atoms with Gasteiger partial charge < -0.3 is 10.4 Å². The van der Waals surface area contributed by atoms with Crippen LogP contribution in [0.4, 0.5) is 13.2 Å². The molecule has 2 heterocycles. The van der Waals surface area contributed by atoms with Gasteiger partial charge in [0.05, 0.1) is 11.2 Å². The molecule has 1 aromatic heterocycles. The van der Waals surface area contributed by atoms with Crippen LogP contribution in [0.5, 0.6) is 0 Å². The number of nitrogens with zero attached hydrogens (tertiary/aromatic N) is 1. The van der Waals surface area contributed by atoms with Crippen molar-refractivity contribution in [1.82, 2.24) is 10.3 Å². The lowest BCUT2D eigenvalue weighted by atomic mass is 9.77. The third kappa shape index (κ3) is 3.44. The minimum atomic E-state index is -4.37. The van der Waals surface area contributed by atoms with Crippen molar-refractivity contribution in [2.45, 2.75) is 43.6 Å². The number of piperidine rings is 1. The lowest BCUT2D eigenvalue weighted by Crippen LogP contribution is -2.46. The molecule has 1 saturated heterocycles. The fourth-order valence-electron chi connectivity index (χ4n) is 3.39. The second-order valence-electron chi connectivity index (χ2n) is 6.42.